The Morgan fingerprint density at radius 2 is 1.96 bits per heavy atom. The summed E-state index contributed by atoms with van der Waals surface area (Å²) in [6.07, 6.45) is 1.59. The smallest absolute Gasteiger partial charge is 0.341 e. The number of benzene rings is 2. The number of ether oxygens (including phenoxy) is 1. The van der Waals surface area contributed by atoms with Gasteiger partial charge in [-0.2, -0.15) is 0 Å². The molecule has 0 radical (unpaired) electrons. The molecule has 1 aromatic heterocycles. The number of hydrogen-bond acceptors (Lipinski definition) is 4. The minimum atomic E-state index is -0.374. The number of pyridine rings is 1. The van der Waals surface area contributed by atoms with Crippen LogP contribution in [0.15, 0.2) is 48.7 Å². The summed E-state index contributed by atoms with van der Waals surface area (Å²) in [6, 6.07) is 13.9. The summed E-state index contributed by atoms with van der Waals surface area (Å²) in [7, 11) is 0. The van der Waals surface area contributed by atoms with E-state index in [0.29, 0.717) is 12.2 Å². The van der Waals surface area contributed by atoms with Gasteiger partial charge in [0.25, 0.3) is 0 Å². The molecule has 0 unspecified atom stereocenters. The van der Waals surface area contributed by atoms with Gasteiger partial charge in [0.2, 0.25) is 0 Å². The summed E-state index contributed by atoms with van der Waals surface area (Å²) < 4.78 is 6.34. The molecule has 0 aliphatic heterocycles. The largest absolute Gasteiger partial charge is 0.462 e. The first-order valence-electron chi connectivity index (χ1n) is 7.68. The summed E-state index contributed by atoms with van der Waals surface area (Å²) >= 11 is 2.26. The molecule has 122 valence electrons. The second-order valence-electron chi connectivity index (χ2n) is 5.37. The molecule has 24 heavy (non-hydrogen) atoms. The second kappa shape index (κ2) is 7.17. The first-order chi connectivity index (χ1) is 11.6. The van der Waals surface area contributed by atoms with E-state index >= 15 is 0 Å². The van der Waals surface area contributed by atoms with Gasteiger partial charge in [0.15, 0.2) is 0 Å². The minimum absolute atomic E-state index is 0.327. The number of para-hydroxylation sites is 1. The summed E-state index contributed by atoms with van der Waals surface area (Å²) in [5.41, 5.74) is 4.01. The summed E-state index contributed by atoms with van der Waals surface area (Å²) in [5, 5.41) is 4.27. The summed E-state index contributed by atoms with van der Waals surface area (Å²) in [5.74, 6) is -0.374. The highest BCUT2D eigenvalue weighted by atomic mass is 127. The third kappa shape index (κ3) is 3.36. The van der Waals surface area contributed by atoms with Crippen molar-refractivity contribution in [1.82, 2.24) is 4.98 Å². The molecule has 1 N–H and O–H groups in total. The highest BCUT2D eigenvalue weighted by Gasteiger charge is 2.17. The van der Waals surface area contributed by atoms with Crippen molar-refractivity contribution in [3.8, 4) is 0 Å². The van der Waals surface area contributed by atoms with Crippen LogP contribution in [0, 0.1) is 10.5 Å². The van der Waals surface area contributed by atoms with E-state index in [4.69, 9.17) is 4.74 Å². The lowest BCUT2D eigenvalue weighted by Gasteiger charge is -2.15. The lowest BCUT2D eigenvalue weighted by molar-refractivity contribution is 0.0527. The Morgan fingerprint density at radius 1 is 1.21 bits per heavy atom. The number of hydrogen-bond donors (Lipinski definition) is 1. The summed E-state index contributed by atoms with van der Waals surface area (Å²) in [4.78, 5) is 16.8. The number of anilines is 2. The number of nitrogens with one attached hydrogen (secondary N) is 1. The maximum absolute atomic E-state index is 12.3. The molecule has 0 atom stereocenters. The molecule has 0 aliphatic carbocycles. The van der Waals surface area contributed by atoms with Crippen molar-refractivity contribution in [2.45, 2.75) is 13.8 Å². The monoisotopic (exact) mass is 432 g/mol. The molecule has 0 saturated carbocycles. The Balaban J connectivity index is 2.16. The van der Waals surface area contributed by atoms with Crippen LogP contribution >= 0.6 is 22.6 Å². The van der Waals surface area contributed by atoms with Crippen molar-refractivity contribution in [1.29, 1.82) is 0 Å². The molecule has 0 fully saturated rings. The Labute approximate surface area is 154 Å². The fraction of sp³-hybridized carbons (Fsp3) is 0.158. The number of carbonyl (C=O) groups is 1. The predicted octanol–water partition coefficient (Wildman–Crippen LogP) is 5.07. The van der Waals surface area contributed by atoms with Crippen LogP contribution in [0.4, 0.5) is 11.4 Å². The molecule has 0 spiro atoms. The highest BCUT2D eigenvalue weighted by Crippen LogP contribution is 2.31. The maximum Gasteiger partial charge on any atom is 0.341 e. The Hall–Kier alpha value is -2.15. The molecule has 3 aromatic rings. The first kappa shape index (κ1) is 16.7. The number of nitrogens with zero attached hydrogens (tertiary/aromatic N) is 1. The second-order valence-corrected chi connectivity index (χ2v) is 6.62. The average molecular weight is 432 g/mol. The van der Waals surface area contributed by atoms with Gasteiger partial charge in [0, 0.05) is 20.8 Å². The van der Waals surface area contributed by atoms with Crippen LogP contribution in [0.25, 0.3) is 10.9 Å². The Morgan fingerprint density at radius 3 is 2.67 bits per heavy atom. The van der Waals surface area contributed by atoms with Crippen LogP contribution in [-0.4, -0.2) is 17.6 Å². The summed E-state index contributed by atoms with van der Waals surface area (Å²) in [6.45, 7) is 4.13. The van der Waals surface area contributed by atoms with Crippen molar-refractivity contribution in [3.63, 3.8) is 0 Å². The zero-order valence-corrected chi connectivity index (χ0v) is 15.6. The number of esters is 1. The Bertz CT molecular complexity index is 892. The third-order valence-corrected chi connectivity index (χ3v) is 4.43. The SMILES string of the molecule is CCOC(=O)c1cnc2c(C)cccc2c1Nc1ccc(I)cc1. The van der Waals surface area contributed by atoms with E-state index in [2.05, 4.69) is 32.9 Å². The molecule has 4 nitrogen and oxygen atoms in total. The average Bonchev–Trinajstić information content (AvgIpc) is 2.58. The van der Waals surface area contributed by atoms with Crippen molar-refractivity contribution < 1.29 is 9.53 Å². The maximum atomic E-state index is 12.3. The number of aryl methyl sites for hydroxylation is 1. The third-order valence-electron chi connectivity index (χ3n) is 3.71. The van der Waals surface area contributed by atoms with Crippen molar-refractivity contribution in [2.24, 2.45) is 0 Å². The number of fused-ring (bicyclic) bond motifs is 1. The number of carbonyl (C=O) groups excluding carboxylic acids is 1. The number of aromatic nitrogens is 1. The first-order valence-corrected chi connectivity index (χ1v) is 8.76. The molecule has 0 aliphatic rings. The molecule has 0 bridgehead atoms. The lowest BCUT2D eigenvalue weighted by atomic mass is 10.1. The highest BCUT2D eigenvalue weighted by molar-refractivity contribution is 14.1. The molecular weight excluding hydrogens is 415 g/mol. The van der Waals surface area contributed by atoms with E-state index in [-0.39, 0.29) is 5.97 Å². The van der Waals surface area contributed by atoms with Crippen LogP contribution in [-0.2, 0) is 4.74 Å². The quantitative estimate of drug-likeness (QED) is 0.462. The molecule has 3 rings (SSSR count). The standard InChI is InChI=1S/C19H17IN2O2/c1-3-24-19(23)16-11-21-17-12(2)5-4-6-15(17)18(16)22-14-9-7-13(20)8-10-14/h4-11H,3H2,1-2H3,(H,21,22). The van der Waals surface area contributed by atoms with Gasteiger partial charge in [-0.3, -0.25) is 4.98 Å². The zero-order chi connectivity index (χ0) is 17.1. The molecule has 0 amide bonds. The molecular formula is C19H17IN2O2. The van der Waals surface area contributed by atoms with Crippen LogP contribution in [0.5, 0.6) is 0 Å². The van der Waals surface area contributed by atoms with Gasteiger partial charge < -0.3 is 10.1 Å². The zero-order valence-electron chi connectivity index (χ0n) is 13.5. The van der Waals surface area contributed by atoms with Gasteiger partial charge in [-0.1, -0.05) is 18.2 Å². The van der Waals surface area contributed by atoms with Gasteiger partial charge in [0.1, 0.15) is 5.56 Å². The lowest BCUT2D eigenvalue weighted by Crippen LogP contribution is -2.09. The van der Waals surface area contributed by atoms with E-state index in [9.17, 15) is 4.79 Å². The molecule has 1 heterocycles. The molecule has 5 heteroatoms. The van der Waals surface area contributed by atoms with Gasteiger partial charge >= 0.3 is 5.97 Å². The fourth-order valence-corrected chi connectivity index (χ4v) is 2.91. The normalized spacial score (nSPS) is 10.6. The van der Waals surface area contributed by atoms with Crippen molar-refractivity contribution in [2.75, 3.05) is 11.9 Å². The van der Waals surface area contributed by atoms with Crippen molar-refractivity contribution in [3.05, 3.63) is 63.4 Å². The van der Waals surface area contributed by atoms with Crippen LogP contribution in [0.1, 0.15) is 22.8 Å². The van der Waals surface area contributed by atoms with Crippen LogP contribution in [0.2, 0.25) is 0 Å². The number of rotatable bonds is 4. The van der Waals surface area contributed by atoms with E-state index in [0.717, 1.165) is 31.4 Å². The van der Waals surface area contributed by atoms with Crippen molar-refractivity contribution >= 4 is 50.8 Å². The van der Waals surface area contributed by atoms with Crippen LogP contribution < -0.4 is 5.32 Å². The van der Waals surface area contributed by atoms with E-state index in [1.807, 2.05) is 49.4 Å². The van der Waals surface area contributed by atoms with E-state index in [1.54, 1.807) is 13.1 Å². The topological polar surface area (TPSA) is 51.2 Å². The molecule has 2 aromatic carbocycles. The predicted molar refractivity (Wildman–Crippen MR) is 105 cm³/mol. The van der Waals surface area contributed by atoms with Gasteiger partial charge in [-0.05, 0) is 66.3 Å². The number of halogens is 1. The van der Waals surface area contributed by atoms with Gasteiger partial charge in [-0.15, -0.1) is 0 Å². The fourth-order valence-electron chi connectivity index (χ4n) is 2.55. The minimum Gasteiger partial charge on any atom is -0.462 e. The van der Waals surface area contributed by atoms with E-state index in [1.165, 1.54) is 0 Å². The van der Waals surface area contributed by atoms with Gasteiger partial charge in [-0.25, -0.2) is 4.79 Å². The van der Waals surface area contributed by atoms with Gasteiger partial charge in [0.05, 0.1) is 17.8 Å². The Kier molecular flexibility index (Phi) is 4.99. The molecule has 0 saturated heterocycles. The van der Waals surface area contributed by atoms with E-state index < -0.39 is 0 Å². The van der Waals surface area contributed by atoms with Crippen LogP contribution in [0.3, 0.4) is 0 Å².